The lowest BCUT2D eigenvalue weighted by Crippen LogP contribution is -2.32. The molecule has 0 aliphatic carbocycles. The molecule has 21 heavy (non-hydrogen) atoms. The van der Waals surface area contributed by atoms with Crippen molar-refractivity contribution in [3.63, 3.8) is 0 Å². The van der Waals surface area contributed by atoms with Gasteiger partial charge in [0.25, 0.3) is 0 Å². The summed E-state index contributed by atoms with van der Waals surface area (Å²) in [5.74, 6) is 1.13. The number of hydrogen-bond donors (Lipinski definition) is 0. The number of benzene rings is 1. The molecule has 3 rings (SSSR count). The number of methoxy groups -OCH3 is 1. The molecular weight excluding hydrogens is 264 g/mol. The molecule has 1 spiro atoms. The van der Waals surface area contributed by atoms with Gasteiger partial charge in [0.2, 0.25) is 5.91 Å². The minimum atomic E-state index is 0.223. The number of rotatable bonds is 3. The predicted octanol–water partition coefficient (Wildman–Crippen LogP) is 2.14. The van der Waals surface area contributed by atoms with Gasteiger partial charge in [0.15, 0.2) is 0 Å². The highest BCUT2D eigenvalue weighted by Gasteiger charge is 2.43. The van der Waals surface area contributed by atoms with E-state index in [1.165, 1.54) is 12.0 Å². The summed E-state index contributed by atoms with van der Waals surface area (Å²) in [4.78, 5) is 16.0. The van der Waals surface area contributed by atoms with Crippen molar-refractivity contribution in [3.05, 3.63) is 29.8 Å². The van der Waals surface area contributed by atoms with E-state index in [0.717, 1.165) is 44.9 Å². The van der Waals surface area contributed by atoms with E-state index in [1.807, 2.05) is 17.0 Å². The quantitative estimate of drug-likeness (QED) is 0.854. The Morgan fingerprint density at radius 3 is 2.52 bits per heavy atom. The molecule has 0 bridgehead atoms. The maximum Gasteiger partial charge on any atom is 0.219 e. The molecular formula is C17H24N2O2. The zero-order valence-electron chi connectivity index (χ0n) is 13.0. The average Bonchev–Trinajstić information content (AvgIpc) is 3.08. The van der Waals surface area contributed by atoms with Crippen LogP contribution in [0.5, 0.6) is 5.75 Å². The molecule has 1 amide bonds. The van der Waals surface area contributed by atoms with E-state index >= 15 is 0 Å². The van der Waals surface area contributed by atoms with Gasteiger partial charge < -0.3 is 9.64 Å². The van der Waals surface area contributed by atoms with Gasteiger partial charge >= 0.3 is 0 Å². The van der Waals surface area contributed by atoms with Crippen molar-refractivity contribution in [2.24, 2.45) is 5.41 Å². The lowest BCUT2D eigenvalue weighted by atomic mass is 9.86. The fourth-order valence-corrected chi connectivity index (χ4v) is 3.69. The number of carbonyl (C=O) groups excluding carboxylic acids is 1. The van der Waals surface area contributed by atoms with Gasteiger partial charge in [-0.05, 0) is 37.1 Å². The first-order valence-electron chi connectivity index (χ1n) is 7.71. The monoisotopic (exact) mass is 288 g/mol. The Balaban J connectivity index is 1.58. The lowest BCUT2D eigenvalue weighted by molar-refractivity contribution is -0.128. The molecule has 1 unspecified atom stereocenters. The molecule has 1 atom stereocenters. The second kappa shape index (κ2) is 5.68. The summed E-state index contributed by atoms with van der Waals surface area (Å²) in [5.41, 5.74) is 1.67. The average molecular weight is 288 g/mol. The van der Waals surface area contributed by atoms with E-state index < -0.39 is 0 Å². The highest BCUT2D eigenvalue weighted by atomic mass is 16.5. The van der Waals surface area contributed by atoms with Crippen molar-refractivity contribution in [1.82, 2.24) is 9.80 Å². The van der Waals surface area contributed by atoms with Gasteiger partial charge in [-0.1, -0.05) is 12.1 Å². The van der Waals surface area contributed by atoms with Crippen LogP contribution in [0.1, 0.15) is 25.3 Å². The molecule has 1 aromatic carbocycles. The molecule has 0 radical (unpaired) electrons. The van der Waals surface area contributed by atoms with Gasteiger partial charge in [0.05, 0.1) is 7.11 Å². The zero-order chi connectivity index (χ0) is 14.9. The van der Waals surface area contributed by atoms with Crippen molar-refractivity contribution >= 4 is 5.91 Å². The summed E-state index contributed by atoms with van der Waals surface area (Å²) in [6, 6.07) is 8.32. The van der Waals surface area contributed by atoms with Gasteiger partial charge in [-0.3, -0.25) is 9.69 Å². The van der Waals surface area contributed by atoms with Gasteiger partial charge in [-0.25, -0.2) is 0 Å². The predicted molar refractivity (Wildman–Crippen MR) is 82.2 cm³/mol. The highest BCUT2D eigenvalue weighted by Crippen LogP contribution is 2.39. The third kappa shape index (κ3) is 3.05. The molecule has 0 aromatic heterocycles. The largest absolute Gasteiger partial charge is 0.497 e. The molecule has 1 aromatic rings. The first-order valence-corrected chi connectivity index (χ1v) is 7.71. The van der Waals surface area contributed by atoms with E-state index in [0.29, 0.717) is 5.41 Å². The number of amides is 1. The van der Waals surface area contributed by atoms with Crippen molar-refractivity contribution in [1.29, 1.82) is 0 Å². The Labute approximate surface area is 126 Å². The first kappa shape index (κ1) is 14.4. The van der Waals surface area contributed by atoms with Crippen LogP contribution < -0.4 is 4.74 Å². The maximum absolute atomic E-state index is 11.5. The van der Waals surface area contributed by atoms with Crippen LogP contribution in [0.25, 0.3) is 0 Å². The van der Waals surface area contributed by atoms with E-state index in [2.05, 4.69) is 17.0 Å². The summed E-state index contributed by atoms with van der Waals surface area (Å²) < 4.78 is 5.20. The molecule has 2 aliphatic rings. The Bertz CT molecular complexity index is 514. The molecule has 4 heteroatoms. The fraction of sp³-hybridized carbons (Fsp3) is 0.588. The Morgan fingerprint density at radius 2 is 1.90 bits per heavy atom. The number of hydrogen-bond acceptors (Lipinski definition) is 3. The van der Waals surface area contributed by atoms with Crippen LogP contribution in [0.2, 0.25) is 0 Å². The van der Waals surface area contributed by atoms with Crippen molar-refractivity contribution in [3.8, 4) is 5.75 Å². The van der Waals surface area contributed by atoms with E-state index in [-0.39, 0.29) is 5.91 Å². The SMILES string of the molecule is COc1ccc(CN2CCC3(CCN(C(C)=O)C3)C2)cc1. The third-order valence-electron chi connectivity index (χ3n) is 4.97. The smallest absolute Gasteiger partial charge is 0.219 e. The molecule has 0 N–H and O–H groups in total. The minimum absolute atomic E-state index is 0.223. The second-order valence-corrected chi connectivity index (χ2v) is 6.50. The number of ether oxygens (including phenoxy) is 1. The standard InChI is InChI=1S/C17H24N2O2/c1-14(20)19-10-8-17(13-19)7-9-18(12-17)11-15-3-5-16(21-2)6-4-15/h3-6H,7-13H2,1-2H3. The van der Waals surface area contributed by atoms with Gasteiger partial charge in [-0.2, -0.15) is 0 Å². The summed E-state index contributed by atoms with van der Waals surface area (Å²) >= 11 is 0. The van der Waals surface area contributed by atoms with Crippen LogP contribution in [-0.2, 0) is 11.3 Å². The van der Waals surface area contributed by atoms with Crippen LogP contribution in [0.15, 0.2) is 24.3 Å². The van der Waals surface area contributed by atoms with Crippen LogP contribution in [-0.4, -0.2) is 49.0 Å². The summed E-state index contributed by atoms with van der Waals surface area (Å²) in [5, 5.41) is 0. The van der Waals surface area contributed by atoms with Crippen molar-refractivity contribution in [2.75, 3.05) is 33.3 Å². The summed E-state index contributed by atoms with van der Waals surface area (Å²) in [6.07, 6.45) is 2.37. The Hall–Kier alpha value is -1.55. The Kier molecular flexibility index (Phi) is 3.89. The van der Waals surface area contributed by atoms with Crippen LogP contribution in [0, 0.1) is 5.41 Å². The topological polar surface area (TPSA) is 32.8 Å². The minimum Gasteiger partial charge on any atom is -0.497 e. The number of likely N-dealkylation sites (tertiary alicyclic amines) is 2. The normalized spacial score (nSPS) is 25.7. The van der Waals surface area contributed by atoms with Crippen LogP contribution >= 0.6 is 0 Å². The molecule has 2 fully saturated rings. The molecule has 114 valence electrons. The van der Waals surface area contributed by atoms with Gasteiger partial charge in [0.1, 0.15) is 5.75 Å². The second-order valence-electron chi connectivity index (χ2n) is 6.50. The van der Waals surface area contributed by atoms with Crippen molar-refractivity contribution < 1.29 is 9.53 Å². The highest BCUT2D eigenvalue weighted by molar-refractivity contribution is 5.73. The third-order valence-corrected chi connectivity index (χ3v) is 4.97. The van der Waals surface area contributed by atoms with Gasteiger partial charge in [0, 0.05) is 38.5 Å². The molecule has 2 aliphatic heterocycles. The van der Waals surface area contributed by atoms with Crippen LogP contribution in [0.3, 0.4) is 0 Å². The molecule has 2 saturated heterocycles. The van der Waals surface area contributed by atoms with E-state index in [9.17, 15) is 4.79 Å². The van der Waals surface area contributed by atoms with Gasteiger partial charge in [-0.15, -0.1) is 0 Å². The summed E-state index contributed by atoms with van der Waals surface area (Å²) in [6.45, 7) is 6.81. The van der Waals surface area contributed by atoms with E-state index in [1.54, 1.807) is 14.0 Å². The van der Waals surface area contributed by atoms with Crippen LogP contribution in [0.4, 0.5) is 0 Å². The van der Waals surface area contributed by atoms with E-state index in [4.69, 9.17) is 4.74 Å². The fourth-order valence-electron chi connectivity index (χ4n) is 3.69. The Morgan fingerprint density at radius 1 is 1.19 bits per heavy atom. The summed E-state index contributed by atoms with van der Waals surface area (Å²) in [7, 11) is 1.69. The van der Waals surface area contributed by atoms with Crippen molar-refractivity contribution in [2.45, 2.75) is 26.3 Å². The number of carbonyl (C=O) groups is 1. The first-order chi connectivity index (χ1) is 10.1. The maximum atomic E-state index is 11.5. The number of nitrogens with zero attached hydrogens (tertiary/aromatic N) is 2. The zero-order valence-corrected chi connectivity index (χ0v) is 13.0. The molecule has 2 heterocycles. The molecule has 0 saturated carbocycles. The molecule has 4 nitrogen and oxygen atoms in total. The lowest BCUT2D eigenvalue weighted by Gasteiger charge is -2.24.